The second-order valence-corrected chi connectivity index (χ2v) is 10.9. The number of hydrogen-bond donors (Lipinski definition) is 1. The molecule has 1 saturated carbocycles. The third-order valence-corrected chi connectivity index (χ3v) is 7.91. The number of nitrogens with two attached hydrogens (primary N) is 1. The fourth-order valence-electron chi connectivity index (χ4n) is 6.10. The Kier molecular flexibility index (Phi) is 7.27. The SMILES string of the molecule is C[C@@H]1C[C@H](N)C[C@H](c2ccncc2Cc2ncc3ccc(-c4c(F)cc(OC5CCOCC5)cc4F)nn23)C1. The van der Waals surface area contributed by atoms with Gasteiger partial charge in [-0.2, -0.15) is 5.10 Å². The van der Waals surface area contributed by atoms with Crippen LogP contribution in [0.25, 0.3) is 16.8 Å². The molecule has 7 nitrogen and oxygen atoms in total. The molecule has 3 atom stereocenters. The van der Waals surface area contributed by atoms with Crippen LogP contribution in [0.15, 0.2) is 48.9 Å². The van der Waals surface area contributed by atoms with Crippen LogP contribution < -0.4 is 10.5 Å². The minimum absolute atomic E-state index is 0.115. The summed E-state index contributed by atoms with van der Waals surface area (Å²) >= 11 is 0. The molecule has 1 aliphatic carbocycles. The minimum Gasteiger partial charge on any atom is -0.490 e. The highest BCUT2D eigenvalue weighted by Crippen LogP contribution is 2.37. The van der Waals surface area contributed by atoms with E-state index in [0.717, 1.165) is 30.3 Å². The predicted molar refractivity (Wildman–Crippen MR) is 144 cm³/mol. The van der Waals surface area contributed by atoms with Gasteiger partial charge in [0.25, 0.3) is 0 Å². The van der Waals surface area contributed by atoms with E-state index >= 15 is 8.78 Å². The van der Waals surface area contributed by atoms with Gasteiger partial charge in [-0.15, -0.1) is 0 Å². The normalized spacial score (nSPS) is 22.3. The lowest BCUT2D eigenvalue weighted by molar-refractivity contribution is 0.0253. The van der Waals surface area contributed by atoms with Crippen molar-refractivity contribution in [3.63, 3.8) is 0 Å². The standard InChI is InChI=1S/C30H33F2N5O2/c1-18-10-19(12-21(33)11-18)25-4-7-34-16-20(25)13-29-35-17-22-2-3-28(36-37(22)29)30-26(31)14-24(15-27(30)32)39-23-5-8-38-9-6-23/h2-4,7,14-19,21,23H,5-6,8-13,33H2,1H3/t18-,19+,21-/m0/s1. The number of ether oxygens (including phenoxy) is 2. The van der Waals surface area contributed by atoms with Gasteiger partial charge in [0.2, 0.25) is 0 Å². The lowest BCUT2D eigenvalue weighted by Gasteiger charge is -2.32. The van der Waals surface area contributed by atoms with Gasteiger partial charge in [0.15, 0.2) is 0 Å². The van der Waals surface area contributed by atoms with Gasteiger partial charge in [-0.3, -0.25) is 4.98 Å². The molecule has 2 N–H and O–H groups in total. The van der Waals surface area contributed by atoms with Gasteiger partial charge in [-0.25, -0.2) is 18.3 Å². The summed E-state index contributed by atoms with van der Waals surface area (Å²) in [7, 11) is 0. The van der Waals surface area contributed by atoms with Crippen molar-refractivity contribution in [3.05, 3.63) is 77.5 Å². The predicted octanol–water partition coefficient (Wildman–Crippen LogP) is 5.45. The van der Waals surface area contributed by atoms with Gasteiger partial charge in [-0.05, 0) is 60.4 Å². The average Bonchev–Trinajstić information content (AvgIpc) is 3.30. The first-order valence-electron chi connectivity index (χ1n) is 13.7. The Labute approximate surface area is 226 Å². The van der Waals surface area contributed by atoms with Crippen molar-refractivity contribution in [2.45, 2.75) is 63.5 Å². The quantitative estimate of drug-likeness (QED) is 0.355. The Morgan fingerprint density at radius 3 is 2.62 bits per heavy atom. The number of rotatable bonds is 6. The van der Waals surface area contributed by atoms with Gasteiger partial charge in [0.1, 0.15) is 29.3 Å². The Morgan fingerprint density at radius 1 is 1.05 bits per heavy atom. The third kappa shape index (κ3) is 5.51. The van der Waals surface area contributed by atoms with Crippen molar-refractivity contribution >= 4 is 5.52 Å². The van der Waals surface area contributed by atoms with E-state index < -0.39 is 11.6 Å². The zero-order valence-electron chi connectivity index (χ0n) is 22.0. The maximum absolute atomic E-state index is 15.2. The summed E-state index contributed by atoms with van der Waals surface area (Å²) < 4.78 is 43.2. The van der Waals surface area contributed by atoms with Crippen LogP contribution in [-0.4, -0.2) is 44.9 Å². The molecule has 3 aromatic heterocycles. The smallest absolute Gasteiger partial charge is 0.139 e. The molecule has 39 heavy (non-hydrogen) atoms. The zero-order valence-corrected chi connectivity index (χ0v) is 22.0. The molecule has 0 amide bonds. The Bertz CT molecular complexity index is 1440. The van der Waals surface area contributed by atoms with Crippen molar-refractivity contribution < 1.29 is 18.3 Å². The zero-order chi connectivity index (χ0) is 26.9. The number of imidazole rings is 1. The van der Waals surface area contributed by atoms with E-state index in [-0.39, 0.29) is 29.2 Å². The first-order chi connectivity index (χ1) is 18.9. The van der Waals surface area contributed by atoms with Crippen molar-refractivity contribution in [2.75, 3.05) is 13.2 Å². The number of halogens is 2. The average molecular weight is 534 g/mol. The maximum Gasteiger partial charge on any atom is 0.139 e. The molecule has 0 bridgehead atoms. The summed E-state index contributed by atoms with van der Waals surface area (Å²) in [6.45, 7) is 3.42. The lowest BCUT2D eigenvalue weighted by atomic mass is 9.75. The summed E-state index contributed by atoms with van der Waals surface area (Å²) in [6.07, 6.45) is 10.3. The molecule has 6 rings (SSSR count). The molecule has 1 saturated heterocycles. The van der Waals surface area contributed by atoms with Gasteiger partial charge >= 0.3 is 0 Å². The molecule has 2 fully saturated rings. The summed E-state index contributed by atoms with van der Waals surface area (Å²) in [5.41, 5.74) is 9.39. The van der Waals surface area contributed by atoms with Crippen molar-refractivity contribution in [3.8, 4) is 17.0 Å². The number of pyridine rings is 1. The molecule has 0 spiro atoms. The first kappa shape index (κ1) is 25.8. The molecule has 4 heterocycles. The van der Waals surface area contributed by atoms with E-state index in [1.807, 2.05) is 12.4 Å². The second-order valence-electron chi connectivity index (χ2n) is 10.9. The van der Waals surface area contributed by atoms with Crippen molar-refractivity contribution in [2.24, 2.45) is 11.7 Å². The van der Waals surface area contributed by atoms with E-state index in [0.29, 0.717) is 50.1 Å². The number of fused-ring (bicyclic) bond motifs is 1. The lowest BCUT2D eigenvalue weighted by Crippen LogP contribution is -2.31. The molecular weight excluding hydrogens is 500 g/mol. The first-order valence-corrected chi connectivity index (χ1v) is 13.7. The number of benzene rings is 1. The van der Waals surface area contributed by atoms with Crippen LogP contribution in [0.4, 0.5) is 8.78 Å². The molecule has 4 aromatic rings. The maximum atomic E-state index is 15.2. The molecule has 204 valence electrons. The van der Waals surface area contributed by atoms with Crippen LogP contribution >= 0.6 is 0 Å². The molecule has 0 unspecified atom stereocenters. The van der Waals surface area contributed by atoms with Crippen LogP contribution in [0.2, 0.25) is 0 Å². The van der Waals surface area contributed by atoms with E-state index in [2.05, 4.69) is 28.1 Å². The third-order valence-electron chi connectivity index (χ3n) is 7.91. The van der Waals surface area contributed by atoms with E-state index in [4.69, 9.17) is 15.2 Å². The molecule has 2 aliphatic rings. The highest BCUT2D eigenvalue weighted by molar-refractivity contribution is 5.64. The molecule has 0 radical (unpaired) electrons. The Hall–Kier alpha value is -3.43. The van der Waals surface area contributed by atoms with Gasteiger partial charge < -0.3 is 15.2 Å². The Balaban J connectivity index is 1.29. The fraction of sp³-hybridized carbons (Fsp3) is 0.433. The van der Waals surface area contributed by atoms with Gasteiger partial charge in [0, 0.05) is 49.8 Å². The molecular formula is C30H33F2N5O2. The summed E-state index contributed by atoms with van der Waals surface area (Å²) in [4.78, 5) is 8.97. The van der Waals surface area contributed by atoms with Crippen LogP contribution in [0.1, 0.15) is 61.9 Å². The second kappa shape index (κ2) is 11.0. The summed E-state index contributed by atoms with van der Waals surface area (Å²) in [5, 5.41) is 4.61. The van der Waals surface area contributed by atoms with Crippen LogP contribution in [0.5, 0.6) is 5.75 Å². The van der Waals surface area contributed by atoms with Crippen LogP contribution in [0.3, 0.4) is 0 Å². The van der Waals surface area contributed by atoms with E-state index in [1.54, 1.807) is 22.8 Å². The van der Waals surface area contributed by atoms with E-state index in [9.17, 15) is 0 Å². The van der Waals surface area contributed by atoms with E-state index in [1.165, 1.54) is 17.7 Å². The Morgan fingerprint density at radius 2 is 1.85 bits per heavy atom. The fourth-order valence-corrected chi connectivity index (χ4v) is 6.10. The molecule has 1 aliphatic heterocycles. The highest BCUT2D eigenvalue weighted by Gasteiger charge is 2.27. The number of nitrogens with zero attached hydrogens (tertiary/aromatic N) is 4. The van der Waals surface area contributed by atoms with Crippen molar-refractivity contribution in [1.82, 2.24) is 19.6 Å². The minimum atomic E-state index is -0.720. The molecule has 9 heteroatoms. The topological polar surface area (TPSA) is 87.6 Å². The van der Waals surface area contributed by atoms with Crippen LogP contribution in [-0.2, 0) is 11.2 Å². The molecule has 1 aromatic carbocycles. The number of hydrogen-bond acceptors (Lipinski definition) is 6. The van der Waals surface area contributed by atoms with Crippen molar-refractivity contribution in [1.29, 1.82) is 0 Å². The monoisotopic (exact) mass is 533 g/mol. The van der Waals surface area contributed by atoms with Gasteiger partial charge in [-0.1, -0.05) is 6.92 Å². The highest BCUT2D eigenvalue weighted by atomic mass is 19.1. The van der Waals surface area contributed by atoms with Crippen LogP contribution in [0, 0.1) is 17.6 Å². The summed E-state index contributed by atoms with van der Waals surface area (Å²) in [5.74, 6) is 0.335. The summed E-state index contributed by atoms with van der Waals surface area (Å²) in [6, 6.07) is 8.11. The largest absolute Gasteiger partial charge is 0.490 e. The number of aromatic nitrogens is 4. The van der Waals surface area contributed by atoms with Gasteiger partial charge in [0.05, 0.1) is 36.2 Å².